The van der Waals surface area contributed by atoms with Crippen LogP contribution in [0.5, 0.6) is 0 Å². The summed E-state index contributed by atoms with van der Waals surface area (Å²) in [6.07, 6.45) is 17.4. The second-order valence-electron chi connectivity index (χ2n) is 11.1. The third-order valence-corrected chi connectivity index (χ3v) is 10.2. The van der Waals surface area contributed by atoms with Crippen LogP contribution < -0.4 is 0 Å². The molecular formula is C26H46O. The molecule has 0 bridgehead atoms. The number of rotatable bonds is 7. The largest absolute Gasteiger partial charge is 0.303 e. The fraction of sp³-hybridized carbons (Fsp3) is 0.962. The van der Waals surface area contributed by atoms with Gasteiger partial charge in [-0.2, -0.15) is 0 Å². The second-order valence-corrected chi connectivity index (χ2v) is 11.1. The second kappa shape index (κ2) is 8.58. The maximum atomic E-state index is 10.9. The fourth-order valence-corrected chi connectivity index (χ4v) is 8.77. The molecule has 0 spiro atoms. The minimum atomic E-state index is 0.534. The van der Waals surface area contributed by atoms with Crippen molar-refractivity contribution in [3.8, 4) is 0 Å². The maximum absolute atomic E-state index is 10.9. The predicted octanol–water partition coefficient (Wildman–Crippen LogP) is 7.68. The Bertz CT molecular complexity index is 498. The van der Waals surface area contributed by atoms with E-state index in [1.807, 2.05) is 0 Å². The van der Waals surface area contributed by atoms with Gasteiger partial charge in [0.2, 0.25) is 0 Å². The molecule has 3 saturated carbocycles. The van der Waals surface area contributed by atoms with E-state index in [2.05, 4.69) is 34.6 Å². The molecule has 1 nitrogen and oxygen atoms in total. The SMILES string of the molecule is CCC1C(C2(C)CCCCC2CC)CCC2(C)C1CCC2[C@H](C)CCC=O. The first-order valence-electron chi connectivity index (χ1n) is 12.4. The predicted molar refractivity (Wildman–Crippen MR) is 116 cm³/mol. The summed E-state index contributed by atoms with van der Waals surface area (Å²) in [5, 5.41) is 0. The van der Waals surface area contributed by atoms with E-state index in [0.717, 1.165) is 48.7 Å². The Balaban J connectivity index is 1.81. The van der Waals surface area contributed by atoms with E-state index in [1.165, 1.54) is 64.2 Å². The molecule has 0 aromatic heterocycles. The number of hydrogen-bond donors (Lipinski definition) is 0. The van der Waals surface area contributed by atoms with Crippen molar-refractivity contribution in [2.45, 2.75) is 112 Å². The van der Waals surface area contributed by atoms with Gasteiger partial charge in [-0.3, -0.25) is 0 Å². The number of aldehydes is 1. The van der Waals surface area contributed by atoms with Crippen molar-refractivity contribution < 1.29 is 4.79 Å². The van der Waals surface area contributed by atoms with Crippen molar-refractivity contribution in [2.24, 2.45) is 46.3 Å². The molecule has 3 rings (SSSR count). The van der Waals surface area contributed by atoms with E-state index in [4.69, 9.17) is 0 Å². The normalized spacial score (nSPS) is 46.0. The summed E-state index contributed by atoms with van der Waals surface area (Å²) in [6, 6.07) is 0. The van der Waals surface area contributed by atoms with E-state index >= 15 is 0 Å². The summed E-state index contributed by atoms with van der Waals surface area (Å²) in [5.74, 6) is 5.34. The Labute approximate surface area is 169 Å². The highest BCUT2D eigenvalue weighted by Crippen LogP contribution is 2.66. The minimum Gasteiger partial charge on any atom is -0.303 e. The number of carbonyl (C=O) groups is 1. The molecule has 0 aromatic rings. The molecule has 7 unspecified atom stereocenters. The van der Waals surface area contributed by atoms with Crippen molar-refractivity contribution in [1.29, 1.82) is 0 Å². The van der Waals surface area contributed by atoms with Gasteiger partial charge in [-0.25, -0.2) is 0 Å². The number of carbonyl (C=O) groups excluding carboxylic acids is 1. The number of hydrogen-bond acceptors (Lipinski definition) is 1. The van der Waals surface area contributed by atoms with Crippen molar-refractivity contribution in [3.05, 3.63) is 0 Å². The third kappa shape index (κ3) is 3.66. The van der Waals surface area contributed by atoms with Crippen LogP contribution in [0.15, 0.2) is 0 Å². The summed E-state index contributed by atoms with van der Waals surface area (Å²) in [5.41, 5.74) is 1.13. The fourth-order valence-electron chi connectivity index (χ4n) is 8.77. The van der Waals surface area contributed by atoms with Gasteiger partial charge in [-0.1, -0.05) is 60.3 Å². The van der Waals surface area contributed by atoms with Crippen molar-refractivity contribution in [3.63, 3.8) is 0 Å². The first-order chi connectivity index (χ1) is 12.9. The summed E-state index contributed by atoms with van der Waals surface area (Å²) in [7, 11) is 0. The Morgan fingerprint density at radius 3 is 2.33 bits per heavy atom. The smallest absolute Gasteiger partial charge is 0.120 e. The highest BCUT2D eigenvalue weighted by atomic mass is 16.1. The van der Waals surface area contributed by atoms with Gasteiger partial charge in [0.15, 0.2) is 0 Å². The van der Waals surface area contributed by atoms with E-state index in [0.29, 0.717) is 16.7 Å². The molecule has 1 heteroatoms. The van der Waals surface area contributed by atoms with Gasteiger partial charge >= 0.3 is 0 Å². The lowest BCUT2D eigenvalue weighted by Gasteiger charge is -2.57. The molecule has 0 N–H and O–H groups in total. The van der Waals surface area contributed by atoms with Crippen molar-refractivity contribution in [1.82, 2.24) is 0 Å². The summed E-state index contributed by atoms with van der Waals surface area (Å²) >= 11 is 0. The van der Waals surface area contributed by atoms with Gasteiger partial charge in [0.05, 0.1) is 0 Å². The lowest BCUT2D eigenvalue weighted by molar-refractivity contribution is -0.108. The van der Waals surface area contributed by atoms with E-state index in [1.54, 1.807) is 0 Å². The molecule has 3 aliphatic carbocycles. The van der Waals surface area contributed by atoms with Gasteiger partial charge in [-0.05, 0) is 91.3 Å². The lowest BCUT2D eigenvalue weighted by Crippen LogP contribution is -2.50. The van der Waals surface area contributed by atoms with E-state index in [9.17, 15) is 4.79 Å². The summed E-state index contributed by atoms with van der Waals surface area (Å²) < 4.78 is 0. The van der Waals surface area contributed by atoms with E-state index in [-0.39, 0.29) is 0 Å². The lowest BCUT2D eigenvalue weighted by atomic mass is 9.48. The maximum Gasteiger partial charge on any atom is 0.120 e. The Morgan fingerprint density at radius 1 is 0.926 bits per heavy atom. The average molecular weight is 375 g/mol. The first kappa shape index (κ1) is 21.4. The molecule has 3 fully saturated rings. The van der Waals surface area contributed by atoms with Crippen LogP contribution in [0.1, 0.15) is 112 Å². The number of fused-ring (bicyclic) bond motifs is 1. The van der Waals surface area contributed by atoms with Crippen molar-refractivity contribution in [2.75, 3.05) is 0 Å². The molecule has 0 aromatic carbocycles. The molecule has 156 valence electrons. The standard InChI is InChI=1S/C26H46O/c1-6-20-12-8-9-16-25(20,4)24-15-17-26(5)22(19(3)11-10-18-27)13-14-23(26)21(24)7-2/h18-24H,6-17H2,1-5H3/t19-,20?,21?,22?,23?,24?,25?,26?/m1/s1. The molecule has 8 atom stereocenters. The Hall–Kier alpha value is -0.330. The molecule has 27 heavy (non-hydrogen) atoms. The molecular weight excluding hydrogens is 328 g/mol. The van der Waals surface area contributed by atoms with E-state index < -0.39 is 0 Å². The van der Waals surface area contributed by atoms with Crippen LogP contribution in [0.25, 0.3) is 0 Å². The van der Waals surface area contributed by atoms with Gasteiger partial charge in [-0.15, -0.1) is 0 Å². The van der Waals surface area contributed by atoms with Crippen molar-refractivity contribution >= 4 is 6.29 Å². The van der Waals surface area contributed by atoms with Crippen LogP contribution in [0.4, 0.5) is 0 Å². The molecule has 0 amide bonds. The molecule has 0 aliphatic heterocycles. The quantitative estimate of drug-likeness (QED) is 0.418. The van der Waals surface area contributed by atoms with Gasteiger partial charge in [0, 0.05) is 6.42 Å². The van der Waals surface area contributed by atoms with Gasteiger partial charge < -0.3 is 4.79 Å². The van der Waals surface area contributed by atoms with Crippen LogP contribution in [0, 0.1) is 46.3 Å². The third-order valence-electron chi connectivity index (χ3n) is 10.2. The zero-order valence-corrected chi connectivity index (χ0v) is 18.9. The van der Waals surface area contributed by atoms with Gasteiger partial charge in [0.1, 0.15) is 6.29 Å². The summed E-state index contributed by atoms with van der Waals surface area (Å²) in [6.45, 7) is 12.7. The molecule has 0 heterocycles. The van der Waals surface area contributed by atoms with Crippen LogP contribution in [0.3, 0.4) is 0 Å². The summed E-state index contributed by atoms with van der Waals surface area (Å²) in [4.78, 5) is 10.9. The first-order valence-corrected chi connectivity index (χ1v) is 12.4. The molecule has 0 radical (unpaired) electrons. The minimum absolute atomic E-state index is 0.534. The van der Waals surface area contributed by atoms with Crippen LogP contribution >= 0.6 is 0 Å². The van der Waals surface area contributed by atoms with Crippen LogP contribution in [-0.4, -0.2) is 6.29 Å². The monoisotopic (exact) mass is 374 g/mol. The van der Waals surface area contributed by atoms with Crippen LogP contribution in [0.2, 0.25) is 0 Å². The average Bonchev–Trinajstić information content (AvgIpc) is 3.02. The Kier molecular flexibility index (Phi) is 6.79. The molecule has 0 saturated heterocycles. The topological polar surface area (TPSA) is 17.1 Å². The zero-order valence-electron chi connectivity index (χ0n) is 18.9. The van der Waals surface area contributed by atoms with Crippen LogP contribution in [-0.2, 0) is 4.79 Å². The molecule has 3 aliphatic rings. The zero-order chi connectivity index (χ0) is 19.7. The highest BCUT2D eigenvalue weighted by molar-refractivity contribution is 5.49. The Morgan fingerprint density at radius 2 is 1.67 bits per heavy atom. The van der Waals surface area contributed by atoms with Gasteiger partial charge in [0.25, 0.3) is 0 Å². The highest BCUT2D eigenvalue weighted by Gasteiger charge is 2.57.